The first kappa shape index (κ1) is 13.8. The molecule has 0 aliphatic heterocycles. The molecule has 6 nitrogen and oxygen atoms in total. The van der Waals surface area contributed by atoms with Crippen molar-refractivity contribution in [3.63, 3.8) is 0 Å². The van der Waals surface area contributed by atoms with E-state index in [1.165, 1.54) is 11.3 Å². The topological polar surface area (TPSA) is 91.3 Å². The largest absolute Gasteiger partial charge is 0.481 e. The number of carbonyl (C=O) groups excluding carboxylic acids is 1. The Hall–Kier alpha value is -1.63. The SMILES string of the molecule is CC(C)NC(=O)CNc1nc2c(s1)CCC2C(=O)O. The molecular weight excluding hydrogens is 266 g/mol. The molecule has 1 heterocycles. The third kappa shape index (κ3) is 3.23. The zero-order valence-electron chi connectivity index (χ0n) is 10.9. The lowest BCUT2D eigenvalue weighted by Crippen LogP contribution is -2.34. The van der Waals surface area contributed by atoms with Crippen LogP contribution in [0.25, 0.3) is 0 Å². The van der Waals surface area contributed by atoms with Crippen LogP contribution in [0, 0.1) is 0 Å². The van der Waals surface area contributed by atoms with E-state index in [4.69, 9.17) is 5.11 Å². The van der Waals surface area contributed by atoms with E-state index in [-0.39, 0.29) is 18.5 Å². The molecule has 1 amide bonds. The zero-order chi connectivity index (χ0) is 14.0. The number of hydrogen-bond acceptors (Lipinski definition) is 5. The van der Waals surface area contributed by atoms with Crippen LogP contribution in [-0.2, 0) is 16.0 Å². The van der Waals surface area contributed by atoms with E-state index in [1.807, 2.05) is 13.8 Å². The highest BCUT2D eigenvalue weighted by Gasteiger charge is 2.32. The fourth-order valence-corrected chi connectivity index (χ4v) is 3.11. The molecule has 7 heteroatoms. The lowest BCUT2D eigenvalue weighted by atomic mass is 10.1. The third-order valence-corrected chi connectivity index (χ3v) is 3.95. The number of aliphatic carboxylic acids is 1. The molecule has 104 valence electrons. The number of carbonyl (C=O) groups is 2. The Morgan fingerprint density at radius 2 is 2.26 bits per heavy atom. The molecule has 0 aromatic carbocycles. The Bertz CT molecular complexity index is 498. The van der Waals surface area contributed by atoms with Gasteiger partial charge in [-0.3, -0.25) is 9.59 Å². The van der Waals surface area contributed by atoms with Gasteiger partial charge >= 0.3 is 5.97 Å². The average Bonchev–Trinajstić information content (AvgIpc) is 2.83. The first-order valence-corrected chi connectivity index (χ1v) is 7.04. The molecule has 0 radical (unpaired) electrons. The van der Waals surface area contributed by atoms with E-state index in [9.17, 15) is 9.59 Å². The second-order valence-corrected chi connectivity index (χ2v) is 5.92. The van der Waals surface area contributed by atoms with Crippen molar-refractivity contribution in [1.29, 1.82) is 0 Å². The van der Waals surface area contributed by atoms with E-state index in [1.54, 1.807) is 0 Å². The number of nitrogens with one attached hydrogen (secondary N) is 2. The second kappa shape index (κ2) is 5.56. The number of carboxylic acid groups (broad SMARTS) is 1. The van der Waals surface area contributed by atoms with Gasteiger partial charge in [0.1, 0.15) is 5.92 Å². The predicted molar refractivity (Wildman–Crippen MR) is 72.6 cm³/mol. The van der Waals surface area contributed by atoms with E-state index >= 15 is 0 Å². The molecule has 0 fully saturated rings. The summed E-state index contributed by atoms with van der Waals surface area (Å²) in [4.78, 5) is 27.8. The van der Waals surface area contributed by atoms with Gasteiger partial charge in [-0.15, -0.1) is 11.3 Å². The molecule has 1 aliphatic carbocycles. The molecule has 1 aromatic heterocycles. The summed E-state index contributed by atoms with van der Waals surface area (Å²) in [5.74, 6) is -1.42. The number of anilines is 1. The maximum atomic E-state index is 11.5. The molecule has 19 heavy (non-hydrogen) atoms. The van der Waals surface area contributed by atoms with Crippen LogP contribution in [0.5, 0.6) is 0 Å². The summed E-state index contributed by atoms with van der Waals surface area (Å²) in [6.07, 6.45) is 1.38. The van der Waals surface area contributed by atoms with Gasteiger partial charge in [-0.25, -0.2) is 4.98 Å². The Balaban J connectivity index is 1.95. The van der Waals surface area contributed by atoms with E-state index in [0.717, 1.165) is 11.3 Å². The van der Waals surface area contributed by atoms with Crippen LogP contribution < -0.4 is 10.6 Å². The van der Waals surface area contributed by atoms with Crippen LogP contribution in [0.3, 0.4) is 0 Å². The molecule has 0 bridgehead atoms. The first-order chi connectivity index (χ1) is 8.97. The summed E-state index contributed by atoms with van der Waals surface area (Å²) in [5, 5.41) is 15.4. The van der Waals surface area contributed by atoms with Crippen LogP contribution in [0.15, 0.2) is 0 Å². The normalized spacial score (nSPS) is 17.3. The second-order valence-electron chi connectivity index (χ2n) is 4.83. The quantitative estimate of drug-likeness (QED) is 0.755. The monoisotopic (exact) mass is 283 g/mol. The molecule has 0 saturated heterocycles. The highest BCUT2D eigenvalue weighted by atomic mass is 32.1. The van der Waals surface area contributed by atoms with Gasteiger partial charge in [0, 0.05) is 10.9 Å². The smallest absolute Gasteiger partial charge is 0.312 e. The summed E-state index contributed by atoms with van der Waals surface area (Å²) in [7, 11) is 0. The van der Waals surface area contributed by atoms with E-state index < -0.39 is 11.9 Å². The fourth-order valence-electron chi connectivity index (χ4n) is 2.07. The van der Waals surface area contributed by atoms with Gasteiger partial charge in [0.15, 0.2) is 5.13 Å². The van der Waals surface area contributed by atoms with Crippen LogP contribution >= 0.6 is 11.3 Å². The van der Waals surface area contributed by atoms with Gasteiger partial charge in [-0.05, 0) is 26.7 Å². The number of nitrogens with zero attached hydrogens (tertiary/aromatic N) is 1. The van der Waals surface area contributed by atoms with Crippen molar-refractivity contribution in [3.8, 4) is 0 Å². The first-order valence-electron chi connectivity index (χ1n) is 6.23. The number of aryl methyl sites for hydroxylation is 1. The van der Waals surface area contributed by atoms with E-state index in [2.05, 4.69) is 15.6 Å². The lowest BCUT2D eigenvalue weighted by molar-refractivity contribution is -0.138. The van der Waals surface area contributed by atoms with Crippen LogP contribution in [0.4, 0.5) is 5.13 Å². The van der Waals surface area contributed by atoms with Crippen molar-refractivity contribution >= 4 is 28.3 Å². The maximum absolute atomic E-state index is 11.5. The summed E-state index contributed by atoms with van der Waals surface area (Å²) in [6.45, 7) is 3.95. The van der Waals surface area contributed by atoms with Gasteiger partial charge in [-0.2, -0.15) is 0 Å². The molecular formula is C12H17N3O3S. The van der Waals surface area contributed by atoms with E-state index in [0.29, 0.717) is 17.2 Å². The molecule has 3 N–H and O–H groups in total. The van der Waals surface area contributed by atoms with Crippen molar-refractivity contribution in [2.45, 2.75) is 38.6 Å². The van der Waals surface area contributed by atoms with Crippen molar-refractivity contribution in [2.24, 2.45) is 0 Å². The minimum Gasteiger partial charge on any atom is -0.481 e. The standard InChI is InChI=1S/C12H17N3O3S/c1-6(2)14-9(16)5-13-12-15-10-7(11(17)18)3-4-8(10)19-12/h6-7H,3-5H2,1-2H3,(H,13,15)(H,14,16)(H,17,18). The summed E-state index contributed by atoms with van der Waals surface area (Å²) in [6, 6.07) is 0.104. The highest BCUT2D eigenvalue weighted by molar-refractivity contribution is 7.15. The lowest BCUT2D eigenvalue weighted by Gasteiger charge is -2.08. The fraction of sp³-hybridized carbons (Fsp3) is 0.583. The Morgan fingerprint density at radius 1 is 1.53 bits per heavy atom. The zero-order valence-corrected chi connectivity index (χ0v) is 11.7. The number of hydrogen-bond donors (Lipinski definition) is 3. The average molecular weight is 283 g/mol. The van der Waals surface area contributed by atoms with Crippen LogP contribution in [-0.4, -0.2) is 34.6 Å². The molecule has 1 aliphatic rings. The van der Waals surface area contributed by atoms with Gasteiger partial charge < -0.3 is 15.7 Å². The molecule has 1 aromatic rings. The highest BCUT2D eigenvalue weighted by Crippen LogP contribution is 2.38. The Morgan fingerprint density at radius 3 is 2.89 bits per heavy atom. The molecule has 1 unspecified atom stereocenters. The van der Waals surface area contributed by atoms with Crippen molar-refractivity contribution in [1.82, 2.24) is 10.3 Å². The van der Waals surface area contributed by atoms with Crippen molar-refractivity contribution < 1.29 is 14.7 Å². The number of aromatic nitrogens is 1. The number of carboxylic acids is 1. The number of fused-ring (bicyclic) bond motifs is 1. The summed E-state index contributed by atoms with van der Waals surface area (Å²) >= 11 is 1.44. The number of rotatable bonds is 5. The summed E-state index contributed by atoms with van der Waals surface area (Å²) in [5.41, 5.74) is 0.657. The number of amides is 1. The number of thiazole rings is 1. The summed E-state index contributed by atoms with van der Waals surface area (Å²) < 4.78 is 0. The minimum absolute atomic E-state index is 0.0971. The van der Waals surface area contributed by atoms with Gasteiger partial charge in [0.2, 0.25) is 5.91 Å². The minimum atomic E-state index is -0.826. The maximum Gasteiger partial charge on any atom is 0.312 e. The van der Waals surface area contributed by atoms with Crippen LogP contribution in [0.2, 0.25) is 0 Å². The Kier molecular flexibility index (Phi) is 4.04. The van der Waals surface area contributed by atoms with Gasteiger partial charge in [0.25, 0.3) is 0 Å². The van der Waals surface area contributed by atoms with Crippen LogP contribution in [0.1, 0.15) is 36.8 Å². The molecule has 2 rings (SSSR count). The van der Waals surface area contributed by atoms with Crippen molar-refractivity contribution in [3.05, 3.63) is 10.6 Å². The molecule has 0 spiro atoms. The predicted octanol–water partition coefficient (Wildman–Crippen LogP) is 1.19. The molecule has 0 saturated carbocycles. The Labute approximate surface area is 115 Å². The van der Waals surface area contributed by atoms with Gasteiger partial charge in [-0.1, -0.05) is 0 Å². The third-order valence-electron chi connectivity index (χ3n) is 2.87. The van der Waals surface area contributed by atoms with Crippen molar-refractivity contribution in [2.75, 3.05) is 11.9 Å². The van der Waals surface area contributed by atoms with Gasteiger partial charge in [0.05, 0.1) is 12.2 Å². The molecule has 1 atom stereocenters.